The molecule has 0 aliphatic rings. The second kappa shape index (κ2) is 9.26. The average molecular weight is 381 g/mol. The summed E-state index contributed by atoms with van der Waals surface area (Å²) in [6, 6.07) is 13.9. The van der Waals surface area contributed by atoms with Crippen molar-refractivity contribution in [3.63, 3.8) is 0 Å². The molecule has 6 nitrogen and oxygen atoms in total. The molecule has 0 saturated carbocycles. The van der Waals surface area contributed by atoms with Gasteiger partial charge in [-0.2, -0.15) is 0 Å². The van der Waals surface area contributed by atoms with Crippen molar-refractivity contribution in [1.29, 1.82) is 0 Å². The lowest BCUT2D eigenvalue weighted by atomic mass is 10.0. The van der Waals surface area contributed by atoms with Gasteiger partial charge in [0.15, 0.2) is 0 Å². The molecule has 0 atom stereocenters. The van der Waals surface area contributed by atoms with Gasteiger partial charge in [-0.15, -0.1) is 0 Å². The zero-order chi connectivity index (χ0) is 19.9. The van der Waals surface area contributed by atoms with E-state index in [-0.39, 0.29) is 11.6 Å². The van der Waals surface area contributed by atoms with Crippen LogP contribution in [-0.4, -0.2) is 29.0 Å². The lowest BCUT2D eigenvalue weighted by Crippen LogP contribution is -2.27. The molecule has 6 heteroatoms. The fourth-order valence-corrected chi connectivity index (χ4v) is 3.08. The number of aromatic amines is 2. The van der Waals surface area contributed by atoms with E-state index in [1.54, 1.807) is 0 Å². The number of carbonyl (C=O) groups excluding carboxylic acids is 1. The number of benzene rings is 2. The first kappa shape index (κ1) is 19.7. The first-order valence-electron chi connectivity index (χ1n) is 9.71. The third-order valence-corrected chi connectivity index (χ3v) is 4.69. The number of fused-ring (bicyclic) bond motifs is 1. The Bertz CT molecular complexity index is 971. The minimum Gasteiger partial charge on any atom is -0.492 e. The van der Waals surface area contributed by atoms with Crippen molar-refractivity contribution in [2.75, 3.05) is 13.2 Å². The van der Waals surface area contributed by atoms with Gasteiger partial charge in [-0.05, 0) is 54.2 Å². The third kappa shape index (κ3) is 5.49. The fraction of sp³-hybridized carbons (Fsp3) is 0.364. The maximum absolute atomic E-state index is 12.0. The molecule has 3 rings (SSSR count). The molecule has 0 fully saturated rings. The number of carbonyl (C=O) groups is 1. The van der Waals surface area contributed by atoms with Crippen LogP contribution in [0.2, 0.25) is 0 Å². The van der Waals surface area contributed by atoms with Gasteiger partial charge >= 0.3 is 5.69 Å². The van der Waals surface area contributed by atoms with Crippen LogP contribution < -0.4 is 15.7 Å². The molecule has 0 aliphatic carbocycles. The van der Waals surface area contributed by atoms with Crippen LogP contribution >= 0.6 is 0 Å². The lowest BCUT2D eigenvalue weighted by molar-refractivity contribution is -0.121. The summed E-state index contributed by atoms with van der Waals surface area (Å²) >= 11 is 0. The van der Waals surface area contributed by atoms with Gasteiger partial charge in [0, 0.05) is 6.42 Å². The summed E-state index contributed by atoms with van der Waals surface area (Å²) in [6.45, 7) is 5.25. The largest absolute Gasteiger partial charge is 0.492 e. The van der Waals surface area contributed by atoms with Crippen LogP contribution in [0.15, 0.2) is 47.3 Å². The highest BCUT2D eigenvalue weighted by Crippen LogP contribution is 2.18. The Kier molecular flexibility index (Phi) is 6.53. The van der Waals surface area contributed by atoms with Crippen LogP contribution in [0.4, 0.5) is 0 Å². The Morgan fingerprint density at radius 1 is 1.07 bits per heavy atom. The Hall–Kier alpha value is -3.02. The van der Waals surface area contributed by atoms with Crippen LogP contribution in [0.1, 0.15) is 43.7 Å². The SMILES string of the molecule is CC(C)c1ccc(OCCNC(=O)CCCc2ccc3[nH]c(=O)[nH]c3c2)cc1. The Morgan fingerprint density at radius 2 is 1.82 bits per heavy atom. The predicted molar refractivity (Wildman–Crippen MR) is 111 cm³/mol. The van der Waals surface area contributed by atoms with Gasteiger partial charge in [0.05, 0.1) is 17.6 Å². The van der Waals surface area contributed by atoms with E-state index in [2.05, 4.69) is 41.3 Å². The molecule has 3 aromatic rings. The zero-order valence-electron chi connectivity index (χ0n) is 16.4. The maximum Gasteiger partial charge on any atom is 0.323 e. The van der Waals surface area contributed by atoms with Gasteiger partial charge in [-0.1, -0.05) is 32.0 Å². The summed E-state index contributed by atoms with van der Waals surface area (Å²) in [5.74, 6) is 1.34. The summed E-state index contributed by atoms with van der Waals surface area (Å²) < 4.78 is 5.66. The number of hydrogen-bond acceptors (Lipinski definition) is 3. The van der Waals surface area contributed by atoms with Crippen LogP contribution in [0.3, 0.4) is 0 Å². The van der Waals surface area contributed by atoms with Crippen molar-refractivity contribution in [3.05, 3.63) is 64.1 Å². The monoisotopic (exact) mass is 381 g/mol. The van der Waals surface area contributed by atoms with Crippen LogP contribution in [0.5, 0.6) is 5.75 Å². The molecule has 0 saturated heterocycles. The molecule has 1 aromatic heterocycles. The number of nitrogens with one attached hydrogen (secondary N) is 3. The van der Waals surface area contributed by atoms with E-state index >= 15 is 0 Å². The Labute approximate surface area is 164 Å². The number of ether oxygens (including phenoxy) is 1. The van der Waals surface area contributed by atoms with Gasteiger partial charge in [-0.3, -0.25) is 4.79 Å². The van der Waals surface area contributed by atoms with Gasteiger partial charge in [0.1, 0.15) is 12.4 Å². The standard InChI is InChI=1S/C22H27N3O3/c1-15(2)17-7-9-18(10-8-17)28-13-12-23-21(26)5-3-4-16-6-11-19-20(14-16)25-22(27)24-19/h6-11,14-15H,3-5,12-13H2,1-2H3,(H,23,26)(H2,24,25,27). The van der Waals surface area contributed by atoms with Crippen molar-refractivity contribution < 1.29 is 9.53 Å². The normalized spacial score (nSPS) is 11.1. The van der Waals surface area contributed by atoms with E-state index in [4.69, 9.17) is 4.74 Å². The Morgan fingerprint density at radius 3 is 2.57 bits per heavy atom. The van der Waals surface area contributed by atoms with E-state index in [0.29, 0.717) is 25.5 Å². The summed E-state index contributed by atoms with van der Waals surface area (Å²) in [7, 11) is 0. The minimum absolute atomic E-state index is 0.0230. The predicted octanol–water partition coefficient (Wildman–Crippen LogP) is 3.50. The smallest absolute Gasteiger partial charge is 0.323 e. The summed E-state index contributed by atoms with van der Waals surface area (Å²) in [4.78, 5) is 28.7. The highest BCUT2D eigenvalue weighted by atomic mass is 16.5. The van der Waals surface area contributed by atoms with Crippen molar-refractivity contribution >= 4 is 16.9 Å². The molecule has 148 valence electrons. The molecule has 1 amide bonds. The molecule has 28 heavy (non-hydrogen) atoms. The average Bonchev–Trinajstić information content (AvgIpc) is 3.05. The molecule has 2 aromatic carbocycles. The molecule has 0 radical (unpaired) electrons. The van der Waals surface area contributed by atoms with Crippen LogP contribution in [0.25, 0.3) is 11.0 Å². The van der Waals surface area contributed by atoms with Crippen molar-refractivity contribution in [3.8, 4) is 5.75 Å². The van der Waals surface area contributed by atoms with Gasteiger partial charge < -0.3 is 20.0 Å². The first-order chi connectivity index (χ1) is 13.5. The second-order valence-electron chi connectivity index (χ2n) is 7.23. The molecule has 0 unspecified atom stereocenters. The first-order valence-corrected chi connectivity index (χ1v) is 9.71. The lowest BCUT2D eigenvalue weighted by Gasteiger charge is -2.10. The summed E-state index contributed by atoms with van der Waals surface area (Å²) in [5.41, 5.74) is 3.77. The molecule has 0 spiro atoms. The molecular formula is C22H27N3O3. The summed E-state index contributed by atoms with van der Waals surface area (Å²) in [6.07, 6.45) is 2.00. The van der Waals surface area contributed by atoms with E-state index in [1.165, 1.54) is 5.56 Å². The molecular weight excluding hydrogens is 354 g/mol. The second-order valence-corrected chi connectivity index (χ2v) is 7.23. The van der Waals surface area contributed by atoms with Gasteiger partial charge in [0.2, 0.25) is 5.91 Å². The van der Waals surface area contributed by atoms with E-state index in [0.717, 1.165) is 35.2 Å². The highest BCUT2D eigenvalue weighted by Gasteiger charge is 2.04. The van der Waals surface area contributed by atoms with Gasteiger partial charge in [0.25, 0.3) is 0 Å². The number of rotatable bonds is 9. The van der Waals surface area contributed by atoms with Crippen LogP contribution in [-0.2, 0) is 11.2 Å². The molecule has 1 heterocycles. The van der Waals surface area contributed by atoms with E-state index < -0.39 is 0 Å². The Balaban J connectivity index is 1.33. The van der Waals surface area contributed by atoms with E-state index in [9.17, 15) is 9.59 Å². The summed E-state index contributed by atoms with van der Waals surface area (Å²) in [5, 5.41) is 2.89. The van der Waals surface area contributed by atoms with Crippen molar-refractivity contribution in [2.45, 2.75) is 39.0 Å². The fourth-order valence-electron chi connectivity index (χ4n) is 3.08. The quantitative estimate of drug-likeness (QED) is 0.496. The zero-order valence-corrected chi connectivity index (χ0v) is 16.4. The number of amides is 1. The van der Waals surface area contributed by atoms with E-state index in [1.807, 2.05) is 30.3 Å². The van der Waals surface area contributed by atoms with Gasteiger partial charge in [-0.25, -0.2) is 4.79 Å². The minimum atomic E-state index is -0.204. The van der Waals surface area contributed by atoms with Crippen molar-refractivity contribution in [1.82, 2.24) is 15.3 Å². The topological polar surface area (TPSA) is 87.0 Å². The number of imidazole rings is 1. The maximum atomic E-state index is 12.0. The molecule has 0 bridgehead atoms. The number of aromatic nitrogens is 2. The van der Waals surface area contributed by atoms with Crippen molar-refractivity contribution in [2.24, 2.45) is 0 Å². The number of H-pyrrole nitrogens is 2. The number of hydrogen-bond donors (Lipinski definition) is 3. The highest BCUT2D eigenvalue weighted by molar-refractivity contribution is 5.76. The third-order valence-electron chi connectivity index (χ3n) is 4.69. The molecule has 0 aliphatic heterocycles. The van der Waals surface area contributed by atoms with Crippen LogP contribution in [0, 0.1) is 0 Å². The number of aryl methyl sites for hydroxylation is 1. The molecule has 3 N–H and O–H groups in total.